The summed E-state index contributed by atoms with van der Waals surface area (Å²) in [6.45, 7) is 3.87. The first-order chi connectivity index (χ1) is 5.85. The van der Waals surface area contributed by atoms with Crippen LogP contribution in [0, 0.1) is 0 Å². The van der Waals surface area contributed by atoms with Gasteiger partial charge in [-0.3, -0.25) is 5.26 Å². The Morgan fingerprint density at radius 2 is 2.00 bits per heavy atom. The average Bonchev–Trinajstić information content (AvgIpc) is 2.11. The molecule has 0 fully saturated rings. The zero-order valence-corrected chi connectivity index (χ0v) is 7.60. The van der Waals surface area contributed by atoms with Gasteiger partial charge in [0.25, 0.3) is 0 Å². The van der Waals surface area contributed by atoms with E-state index in [2.05, 4.69) is 4.89 Å². The van der Waals surface area contributed by atoms with Gasteiger partial charge in [0.2, 0.25) is 0 Å². The largest absolute Gasteiger partial charge is 0.251 e. The summed E-state index contributed by atoms with van der Waals surface area (Å²) in [6.07, 6.45) is 11.8. The average molecular weight is 168 g/mol. The zero-order chi connectivity index (χ0) is 9.23. The molecule has 2 heteroatoms. The summed E-state index contributed by atoms with van der Waals surface area (Å²) in [4.78, 5) is 4.23. The van der Waals surface area contributed by atoms with Crippen LogP contribution in [0.1, 0.15) is 20.3 Å². The molecule has 0 aromatic heterocycles. The predicted molar refractivity (Wildman–Crippen MR) is 50.9 cm³/mol. The van der Waals surface area contributed by atoms with Crippen LogP contribution >= 0.6 is 0 Å². The van der Waals surface area contributed by atoms with E-state index in [1.54, 1.807) is 6.08 Å². The fourth-order valence-corrected chi connectivity index (χ4v) is 0.726. The minimum Gasteiger partial charge on any atom is -0.251 e. The molecule has 68 valence electrons. The minimum atomic E-state index is -0.239. The molecule has 0 aromatic carbocycles. The molecule has 0 aliphatic rings. The van der Waals surface area contributed by atoms with Gasteiger partial charge in [0.1, 0.15) is 6.10 Å². The van der Waals surface area contributed by atoms with Crippen molar-refractivity contribution in [1.29, 1.82) is 0 Å². The lowest BCUT2D eigenvalue weighted by Crippen LogP contribution is -2.04. The Morgan fingerprint density at radius 1 is 1.25 bits per heavy atom. The summed E-state index contributed by atoms with van der Waals surface area (Å²) < 4.78 is 0. The van der Waals surface area contributed by atoms with Gasteiger partial charge in [-0.05, 0) is 20.3 Å². The third-order valence-corrected chi connectivity index (χ3v) is 1.37. The summed E-state index contributed by atoms with van der Waals surface area (Å²) in [7, 11) is 0. The highest BCUT2D eigenvalue weighted by Crippen LogP contribution is 2.00. The molecular weight excluding hydrogens is 152 g/mol. The van der Waals surface area contributed by atoms with Gasteiger partial charge in [0.15, 0.2) is 0 Å². The van der Waals surface area contributed by atoms with Crippen molar-refractivity contribution in [2.24, 2.45) is 0 Å². The fraction of sp³-hybridized carbons (Fsp3) is 0.400. The van der Waals surface area contributed by atoms with Crippen molar-refractivity contribution in [3.63, 3.8) is 0 Å². The van der Waals surface area contributed by atoms with Crippen LogP contribution in [0.4, 0.5) is 0 Å². The van der Waals surface area contributed by atoms with E-state index in [4.69, 9.17) is 5.26 Å². The highest BCUT2D eigenvalue weighted by atomic mass is 17.1. The maximum absolute atomic E-state index is 8.44. The van der Waals surface area contributed by atoms with E-state index in [1.165, 1.54) is 0 Å². The molecule has 0 radical (unpaired) electrons. The molecular formula is C10H16O2. The van der Waals surface area contributed by atoms with E-state index in [1.807, 2.05) is 44.2 Å². The molecule has 2 nitrogen and oxygen atoms in total. The van der Waals surface area contributed by atoms with E-state index in [0.717, 1.165) is 0 Å². The molecule has 0 aliphatic carbocycles. The molecule has 0 saturated carbocycles. The second-order valence-corrected chi connectivity index (χ2v) is 2.36. The van der Waals surface area contributed by atoms with Gasteiger partial charge in [-0.2, -0.15) is 0 Å². The lowest BCUT2D eigenvalue weighted by Gasteiger charge is -2.03. The molecule has 0 bridgehead atoms. The quantitative estimate of drug-likeness (QED) is 0.296. The van der Waals surface area contributed by atoms with Gasteiger partial charge >= 0.3 is 0 Å². The minimum absolute atomic E-state index is 0.239. The van der Waals surface area contributed by atoms with Crippen molar-refractivity contribution in [3.8, 4) is 0 Å². The maximum atomic E-state index is 8.44. The first kappa shape index (κ1) is 11.1. The lowest BCUT2D eigenvalue weighted by molar-refractivity contribution is -0.264. The normalized spacial score (nSPS) is 15.2. The van der Waals surface area contributed by atoms with Crippen molar-refractivity contribution in [3.05, 3.63) is 36.5 Å². The summed E-state index contributed by atoms with van der Waals surface area (Å²) >= 11 is 0. The van der Waals surface area contributed by atoms with Crippen molar-refractivity contribution in [2.45, 2.75) is 26.4 Å². The van der Waals surface area contributed by atoms with Gasteiger partial charge in [-0.15, -0.1) is 0 Å². The van der Waals surface area contributed by atoms with Crippen LogP contribution in [-0.2, 0) is 4.89 Å². The number of hydrogen-bond acceptors (Lipinski definition) is 2. The van der Waals surface area contributed by atoms with Gasteiger partial charge < -0.3 is 0 Å². The standard InChI is InChI=1S/C10H16O2/c1-3-5-7-9-10(12-11)8-6-4-2/h3-7,9-11H,8H2,1-2H3/b5-3-,6-4-,9-7+. The van der Waals surface area contributed by atoms with Crippen LogP contribution in [0.2, 0.25) is 0 Å². The molecule has 0 spiro atoms. The monoisotopic (exact) mass is 168 g/mol. The van der Waals surface area contributed by atoms with Crippen molar-refractivity contribution in [1.82, 2.24) is 0 Å². The Kier molecular flexibility index (Phi) is 7.65. The van der Waals surface area contributed by atoms with Gasteiger partial charge in [-0.1, -0.05) is 36.5 Å². The first-order valence-electron chi connectivity index (χ1n) is 4.06. The Balaban J connectivity index is 3.81. The second-order valence-electron chi connectivity index (χ2n) is 2.36. The summed E-state index contributed by atoms with van der Waals surface area (Å²) in [5.41, 5.74) is 0. The van der Waals surface area contributed by atoms with E-state index in [9.17, 15) is 0 Å². The van der Waals surface area contributed by atoms with Gasteiger partial charge in [-0.25, -0.2) is 4.89 Å². The maximum Gasteiger partial charge on any atom is 0.115 e. The molecule has 1 unspecified atom stereocenters. The SMILES string of the molecule is C/C=C\C=C\C(C/C=C\C)OO. The van der Waals surface area contributed by atoms with Crippen LogP contribution in [0.3, 0.4) is 0 Å². The summed E-state index contributed by atoms with van der Waals surface area (Å²) in [5, 5.41) is 8.44. The Morgan fingerprint density at radius 3 is 2.50 bits per heavy atom. The van der Waals surface area contributed by atoms with E-state index in [0.29, 0.717) is 6.42 Å². The smallest absolute Gasteiger partial charge is 0.115 e. The molecule has 0 rings (SSSR count). The van der Waals surface area contributed by atoms with E-state index >= 15 is 0 Å². The van der Waals surface area contributed by atoms with Crippen LogP contribution in [-0.4, -0.2) is 11.4 Å². The van der Waals surface area contributed by atoms with Crippen LogP contribution in [0.5, 0.6) is 0 Å². The fourth-order valence-electron chi connectivity index (χ4n) is 0.726. The molecule has 1 atom stereocenters. The molecule has 1 N–H and O–H groups in total. The van der Waals surface area contributed by atoms with Crippen LogP contribution < -0.4 is 0 Å². The topological polar surface area (TPSA) is 29.5 Å². The number of rotatable bonds is 5. The molecule has 0 amide bonds. The Labute approximate surface area is 73.8 Å². The Hall–Kier alpha value is -0.860. The molecule has 0 saturated heterocycles. The van der Waals surface area contributed by atoms with Crippen molar-refractivity contribution >= 4 is 0 Å². The predicted octanol–water partition coefficient (Wildman–Crippen LogP) is 2.94. The molecule has 0 heterocycles. The number of allylic oxidation sites excluding steroid dienone is 4. The van der Waals surface area contributed by atoms with Gasteiger partial charge in [0.05, 0.1) is 0 Å². The van der Waals surface area contributed by atoms with Crippen LogP contribution in [0.15, 0.2) is 36.5 Å². The van der Waals surface area contributed by atoms with Crippen molar-refractivity contribution < 1.29 is 10.1 Å². The zero-order valence-electron chi connectivity index (χ0n) is 7.60. The lowest BCUT2D eigenvalue weighted by atomic mass is 10.2. The highest BCUT2D eigenvalue weighted by molar-refractivity contribution is 5.05. The highest BCUT2D eigenvalue weighted by Gasteiger charge is 1.99. The van der Waals surface area contributed by atoms with Crippen molar-refractivity contribution in [2.75, 3.05) is 0 Å². The second kappa shape index (κ2) is 8.24. The summed E-state index contributed by atoms with van der Waals surface area (Å²) in [5.74, 6) is 0. The van der Waals surface area contributed by atoms with Gasteiger partial charge in [0, 0.05) is 0 Å². The van der Waals surface area contributed by atoms with E-state index < -0.39 is 0 Å². The number of hydrogen-bond donors (Lipinski definition) is 1. The van der Waals surface area contributed by atoms with Crippen LogP contribution in [0.25, 0.3) is 0 Å². The third-order valence-electron chi connectivity index (χ3n) is 1.37. The van der Waals surface area contributed by atoms with E-state index in [-0.39, 0.29) is 6.10 Å². The third kappa shape index (κ3) is 5.89. The molecule has 0 aliphatic heterocycles. The Bertz CT molecular complexity index is 169. The first-order valence-corrected chi connectivity index (χ1v) is 4.06. The molecule has 12 heavy (non-hydrogen) atoms. The molecule has 0 aromatic rings. The summed E-state index contributed by atoms with van der Waals surface area (Å²) in [6, 6.07) is 0.